The Kier molecular flexibility index (Phi) is 1.52. The van der Waals surface area contributed by atoms with Crippen LogP contribution in [0.4, 0.5) is 0 Å². The van der Waals surface area contributed by atoms with Crippen molar-refractivity contribution in [1.29, 1.82) is 0 Å². The third kappa shape index (κ3) is 0.834. The molecule has 0 aromatic rings. The highest BCUT2D eigenvalue weighted by molar-refractivity contribution is 5.01. The van der Waals surface area contributed by atoms with E-state index in [-0.39, 0.29) is 0 Å². The fourth-order valence-electron chi connectivity index (χ4n) is 4.28. The maximum atomic E-state index is 9.11. The van der Waals surface area contributed by atoms with Gasteiger partial charge in [0, 0.05) is 6.61 Å². The average molecular weight is 166 g/mol. The highest BCUT2D eigenvalue weighted by atomic mass is 16.3. The molecule has 1 nitrogen and oxygen atoms in total. The molecule has 1 heteroatoms. The van der Waals surface area contributed by atoms with Gasteiger partial charge in [0.2, 0.25) is 0 Å². The summed E-state index contributed by atoms with van der Waals surface area (Å²) in [4.78, 5) is 0. The second-order valence-corrected chi connectivity index (χ2v) is 5.18. The van der Waals surface area contributed by atoms with E-state index in [1.165, 1.54) is 32.1 Å². The largest absolute Gasteiger partial charge is 0.396 e. The molecule has 2 bridgehead atoms. The van der Waals surface area contributed by atoms with Crippen LogP contribution >= 0.6 is 0 Å². The third-order valence-corrected chi connectivity index (χ3v) is 4.74. The summed E-state index contributed by atoms with van der Waals surface area (Å²) < 4.78 is 0. The van der Waals surface area contributed by atoms with Crippen LogP contribution in [-0.2, 0) is 0 Å². The SMILES string of the molecule is OCC1C[C@@H]2[C@H]3CC[C@H](C3)[C@@H]2C1. The third-order valence-electron chi connectivity index (χ3n) is 4.74. The molecular weight excluding hydrogens is 148 g/mol. The van der Waals surface area contributed by atoms with E-state index in [1.807, 2.05) is 0 Å². The molecule has 0 aromatic heterocycles. The summed E-state index contributed by atoms with van der Waals surface area (Å²) >= 11 is 0. The summed E-state index contributed by atoms with van der Waals surface area (Å²) in [5.74, 6) is 4.86. The van der Waals surface area contributed by atoms with E-state index in [1.54, 1.807) is 0 Å². The predicted octanol–water partition coefficient (Wildman–Crippen LogP) is 2.05. The lowest BCUT2D eigenvalue weighted by Crippen LogP contribution is -2.15. The Morgan fingerprint density at radius 1 is 0.917 bits per heavy atom. The molecule has 0 radical (unpaired) electrons. The normalized spacial score (nSPS) is 56.2. The molecule has 12 heavy (non-hydrogen) atoms. The summed E-state index contributed by atoms with van der Waals surface area (Å²) in [6.07, 6.45) is 7.24. The standard InChI is InChI=1S/C11H18O/c12-6-7-3-10-8-1-2-9(5-8)11(10)4-7/h7-12H,1-6H2/t7?,8-,9+,10+,11-. The minimum Gasteiger partial charge on any atom is -0.396 e. The molecule has 3 fully saturated rings. The van der Waals surface area contributed by atoms with Crippen molar-refractivity contribution in [3.05, 3.63) is 0 Å². The first kappa shape index (κ1) is 7.37. The fourth-order valence-corrected chi connectivity index (χ4v) is 4.28. The maximum Gasteiger partial charge on any atom is 0.0459 e. The average Bonchev–Trinajstić information content (AvgIpc) is 2.75. The van der Waals surface area contributed by atoms with E-state index in [0.29, 0.717) is 12.5 Å². The lowest BCUT2D eigenvalue weighted by Gasteiger charge is -2.23. The number of rotatable bonds is 1. The first-order valence-electron chi connectivity index (χ1n) is 5.49. The van der Waals surface area contributed by atoms with E-state index in [4.69, 9.17) is 5.11 Å². The van der Waals surface area contributed by atoms with Crippen LogP contribution in [0.1, 0.15) is 32.1 Å². The van der Waals surface area contributed by atoms with Gasteiger partial charge in [0.25, 0.3) is 0 Å². The molecule has 3 aliphatic rings. The quantitative estimate of drug-likeness (QED) is 0.632. The van der Waals surface area contributed by atoms with Gasteiger partial charge in [-0.1, -0.05) is 0 Å². The van der Waals surface area contributed by atoms with Gasteiger partial charge in [-0.05, 0) is 61.7 Å². The lowest BCUT2D eigenvalue weighted by molar-refractivity contribution is 0.218. The van der Waals surface area contributed by atoms with Gasteiger partial charge >= 0.3 is 0 Å². The van der Waals surface area contributed by atoms with Crippen LogP contribution in [0.5, 0.6) is 0 Å². The van der Waals surface area contributed by atoms with Crippen molar-refractivity contribution in [3.8, 4) is 0 Å². The number of aliphatic hydroxyl groups excluding tert-OH is 1. The summed E-state index contributed by atoms with van der Waals surface area (Å²) in [5, 5.41) is 9.11. The Morgan fingerprint density at radius 3 is 2.00 bits per heavy atom. The minimum absolute atomic E-state index is 0.451. The van der Waals surface area contributed by atoms with Crippen molar-refractivity contribution in [3.63, 3.8) is 0 Å². The predicted molar refractivity (Wildman–Crippen MR) is 47.6 cm³/mol. The van der Waals surface area contributed by atoms with Crippen LogP contribution in [0.3, 0.4) is 0 Å². The Bertz CT molecular complexity index is 171. The molecule has 5 atom stereocenters. The molecule has 3 saturated carbocycles. The molecule has 0 heterocycles. The Balaban J connectivity index is 1.78. The molecule has 1 N–H and O–H groups in total. The van der Waals surface area contributed by atoms with E-state index in [0.717, 1.165) is 23.7 Å². The van der Waals surface area contributed by atoms with Crippen LogP contribution < -0.4 is 0 Å². The molecule has 0 saturated heterocycles. The van der Waals surface area contributed by atoms with Gasteiger partial charge < -0.3 is 5.11 Å². The number of hydrogen-bond acceptors (Lipinski definition) is 1. The number of hydrogen-bond donors (Lipinski definition) is 1. The second-order valence-electron chi connectivity index (χ2n) is 5.18. The van der Waals surface area contributed by atoms with Crippen LogP contribution in [0.2, 0.25) is 0 Å². The number of fused-ring (bicyclic) bond motifs is 5. The Labute approximate surface area is 74.2 Å². The van der Waals surface area contributed by atoms with Crippen molar-refractivity contribution >= 4 is 0 Å². The zero-order chi connectivity index (χ0) is 8.13. The monoisotopic (exact) mass is 166 g/mol. The molecular formula is C11H18O. The topological polar surface area (TPSA) is 20.2 Å². The van der Waals surface area contributed by atoms with E-state index in [9.17, 15) is 0 Å². The zero-order valence-electron chi connectivity index (χ0n) is 7.58. The van der Waals surface area contributed by atoms with Crippen LogP contribution in [0, 0.1) is 29.6 Å². The molecule has 0 amide bonds. The molecule has 0 spiro atoms. The van der Waals surface area contributed by atoms with Gasteiger partial charge in [-0.25, -0.2) is 0 Å². The van der Waals surface area contributed by atoms with E-state index < -0.39 is 0 Å². The highest BCUT2D eigenvalue weighted by Gasteiger charge is 2.51. The molecule has 0 aromatic carbocycles. The molecule has 3 aliphatic carbocycles. The number of aliphatic hydroxyl groups is 1. The van der Waals surface area contributed by atoms with Crippen LogP contribution in [0.15, 0.2) is 0 Å². The lowest BCUT2D eigenvalue weighted by atomic mass is 9.82. The van der Waals surface area contributed by atoms with Gasteiger partial charge in [-0.15, -0.1) is 0 Å². The first-order valence-corrected chi connectivity index (χ1v) is 5.49. The summed E-state index contributed by atoms with van der Waals surface area (Å²) in [6.45, 7) is 0.451. The van der Waals surface area contributed by atoms with E-state index >= 15 is 0 Å². The van der Waals surface area contributed by atoms with E-state index in [2.05, 4.69) is 0 Å². The minimum atomic E-state index is 0.451. The fraction of sp³-hybridized carbons (Fsp3) is 1.00. The molecule has 68 valence electrons. The van der Waals surface area contributed by atoms with Gasteiger partial charge in [0.15, 0.2) is 0 Å². The molecule has 1 unspecified atom stereocenters. The summed E-state index contributed by atoms with van der Waals surface area (Å²) in [6, 6.07) is 0. The van der Waals surface area contributed by atoms with Gasteiger partial charge in [0.05, 0.1) is 0 Å². The Morgan fingerprint density at radius 2 is 1.50 bits per heavy atom. The molecule has 0 aliphatic heterocycles. The summed E-state index contributed by atoms with van der Waals surface area (Å²) in [5.41, 5.74) is 0. The van der Waals surface area contributed by atoms with Crippen LogP contribution in [0.25, 0.3) is 0 Å². The smallest absolute Gasteiger partial charge is 0.0459 e. The van der Waals surface area contributed by atoms with Crippen molar-refractivity contribution < 1.29 is 5.11 Å². The van der Waals surface area contributed by atoms with Gasteiger partial charge in [-0.3, -0.25) is 0 Å². The molecule has 3 rings (SSSR count). The van der Waals surface area contributed by atoms with Crippen LogP contribution in [-0.4, -0.2) is 11.7 Å². The first-order chi connectivity index (χ1) is 5.88. The van der Waals surface area contributed by atoms with Crippen molar-refractivity contribution in [2.75, 3.05) is 6.61 Å². The summed E-state index contributed by atoms with van der Waals surface area (Å²) in [7, 11) is 0. The Hall–Kier alpha value is -0.0400. The van der Waals surface area contributed by atoms with Crippen molar-refractivity contribution in [2.24, 2.45) is 29.6 Å². The van der Waals surface area contributed by atoms with Gasteiger partial charge in [-0.2, -0.15) is 0 Å². The maximum absolute atomic E-state index is 9.11. The second kappa shape index (κ2) is 2.47. The zero-order valence-corrected chi connectivity index (χ0v) is 7.58. The van der Waals surface area contributed by atoms with Crippen molar-refractivity contribution in [2.45, 2.75) is 32.1 Å². The van der Waals surface area contributed by atoms with Gasteiger partial charge in [0.1, 0.15) is 0 Å². The van der Waals surface area contributed by atoms with Crippen molar-refractivity contribution in [1.82, 2.24) is 0 Å². The highest BCUT2D eigenvalue weighted by Crippen LogP contribution is 2.59.